The standard InChI is InChI=1S/C15H21FN2O2.ClH/c1-10(9-17)15(19)18-11-6-7-14(13(16)8-11)20-12-4-2-3-5-12;/h6-8,10,12H,2-5,9,17H2,1H3,(H,18,19);1H. The molecule has 0 saturated heterocycles. The SMILES string of the molecule is CC(CN)C(=O)Nc1ccc(OC2CCCC2)c(F)c1.Cl. The molecule has 1 fully saturated rings. The summed E-state index contributed by atoms with van der Waals surface area (Å²) >= 11 is 0. The van der Waals surface area contributed by atoms with E-state index in [0.717, 1.165) is 25.7 Å². The van der Waals surface area contributed by atoms with E-state index in [1.807, 2.05) is 0 Å². The second kappa shape index (κ2) is 8.20. The molecule has 0 aliphatic heterocycles. The van der Waals surface area contributed by atoms with Crippen LogP contribution in [0.2, 0.25) is 0 Å². The molecular weight excluding hydrogens is 295 g/mol. The number of hydrogen-bond acceptors (Lipinski definition) is 3. The van der Waals surface area contributed by atoms with Gasteiger partial charge in [0.05, 0.1) is 6.10 Å². The van der Waals surface area contributed by atoms with Gasteiger partial charge in [0.25, 0.3) is 0 Å². The molecule has 1 saturated carbocycles. The minimum Gasteiger partial charge on any atom is -0.487 e. The highest BCUT2D eigenvalue weighted by Crippen LogP contribution is 2.27. The highest BCUT2D eigenvalue weighted by molar-refractivity contribution is 5.92. The van der Waals surface area contributed by atoms with Crippen molar-refractivity contribution in [1.29, 1.82) is 0 Å². The van der Waals surface area contributed by atoms with Gasteiger partial charge in [0, 0.05) is 24.2 Å². The summed E-state index contributed by atoms with van der Waals surface area (Å²) in [4.78, 5) is 11.7. The lowest BCUT2D eigenvalue weighted by Crippen LogP contribution is -2.26. The second-order valence-corrected chi connectivity index (χ2v) is 5.30. The molecule has 1 atom stereocenters. The van der Waals surface area contributed by atoms with Crippen molar-refractivity contribution in [3.63, 3.8) is 0 Å². The highest BCUT2D eigenvalue weighted by atomic mass is 35.5. The number of hydrogen-bond donors (Lipinski definition) is 2. The summed E-state index contributed by atoms with van der Waals surface area (Å²) in [6.07, 6.45) is 4.34. The molecule has 3 N–H and O–H groups in total. The first-order chi connectivity index (χ1) is 9.60. The van der Waals surface area contributed by atoms with E-state index < -0.39 is 5.82 Å². The molecule has 0 radical (unpaired) electrons. The molecule has 1 aromatic rings. The molecule has 21 heavy (non-hydrogen) atoms. The third-order valence-corrected chi connectivity index (χ3v) is 3.60. The van der Waals surface area contributed by atoms with Gasteiger partial charge in [-0.15, -0.1) is 12.4 Å². The second-order valence-electron chi connectivity index (χ2n) is 5.30. The maximum Gasteiger partial charge on any atom is 0.228 e. The molecule has 1 aromatic carbocycles. The summed E-state index contributed by atoms with van der Waals surface area (Å²) in [5.74, 6) is -0.708. The van der Waals surface area contributed by atoms with Crippen molar-refractivity contribution < 1.29 is 13.9 Å². The predicted molar refractivity (Wildman–Crippen MR) is 83.4 cm³/mol. The van der Waals surface area contributed by atoms with Crippen LogP contribution in [0, 0.1) is 11.7 Å². The lowest BCUT2D eigenvalue weighted by molar-refractivity contribution is -0.119. The Morgan fingerprint density at radius 1 is 1.48 bits per heavy atom. The minimum absolute atomic E-state index is 0. The fraction of sp³-hybridized carbons (Fsp3) is 0.533. The predicted octanol–water partition coefficient (Wildman–Crippen LogP) is 3.10. The number of rotatable bonds is 5. The number of nitrogens with two attached hydrogens (primary N) is 1. The molecule has 118 valence electrons. The fourth-order valence-corrected chi connectivity index (χ4v) is 2.23. The van der Waals surface area contributed by atoms with E-state index in [2.05, 4.69) is 5.32 Å². The minimum atomic E-state index is -0.449. The Morgan fingerprint density at radius 3 is 2.71 bits per heavy atom. The molecule has 0 bridgehead atoms. The molecule has 2 rings (SSSR count). The van der Waals surface area contributed by atoms with Gasteiger partial charge in [-0.2, -0.15) is 0 Å². The van der Waals surface area contributed by atoms with Crippen LogP contribution in [0.3, 0.4) is 0 Å². The van der Waals surface area contributed by atoms with E-state index >= 15 is 0 Å². The number of halogens is 2. The topological polar surface area (TPSA) is 64.4 Å². The molecule has 1 unspecified atom stereocenters. The largest absolute Gasteiger partial charge is 0.487 e. The molecule has 0 spiro atoms. The van der Waals surface area contributed by atoms with Crippen molar-refractivity contribution in [2.24, 2.45) is 11.7 Å². The van der Waals surface area contributed by atoms with E-state index in [4.69, 9.17) is 10.5 Å². The van der Waals surface area contributed by atoms with Crippen LogP contribution in [0.15, 0.2) is 18.2 Å². The van der Waals surface area contributed by atoms with Gasteiger partial charge in [-0.05, 0) is 37.8 Å². The third-order valence-electron chi connectivity index (χ3n) is 3.60. The monoisotopic (exact) mass is 316 g/mol. The molecule has 1 amide bonds. The summed E-state index contributed by atoms with van der Waals surface area (Å²) in [6, 6.07) is 4.50. The average molecular weight is 317 g/mol. The maximum absolute atomic E-state index is 13.9. The Bertz CT molecular complexity index is 479. The van der Waals surface area contributed by atoms with Gasteiger partial charge >= 0.3 is 0 Å². The molecule has 4 nitrogen and oxygen atoms in total. The Balaban J connectivity index is 0.00000220. The van der Waals surface area contributed by atoms with Crippen LogP contribution in [0.5, 0.6) is 5.75 Å². The van der Waals surface area contributed by atoms with Crippen LogP contribution in [-0.2, 0) is 4.79 Å². The van der Waals surface area contributed by atoms with Crippen molar-refractivity contribution in [2.75, 3.05) is 11.9 Å². The Kier molecular flexibility index (Phi) is 6.92. The highest BCUT2D eigenvalue weighted by Gasteiger charge is 2.18. The number of nitrogens with one attached hydrogen (secondary N) is 1. The van der Waals surface area contributed by atoms with Gasteiger partial charge < -0.3 is 15.8 Å². The zero-order chi connectivity index (χ0) is 14.5. The van der Waals surface area contributed by atoms with Crippen LogP contribution < -0.4 is 15.8 Å². The van der Waals surface area contributed by atoms with Gasteiger partial charge in [-0.1, -0.05) is 6.92 Å². The molecule has 0 aromatic heterocycles. The first-order valence-electron chi connectivity index (χ1n) is 7.07. The average Bonchev–Trinajstić information content (AvgIpc) is 2.93. The summed E-state index contributed by atoms with van der Waals surface area (Å²) in [7, 11) is 0. The lowest BCUT2D eigenvalue weighted by atomic mass is 10.1. The quantitative estimate of drug-likeness (QED) is 0.877. The molecule has 6 heteroatoms. The van der Waals surface area contributed by atoms with Crippen molar-refractivity contribution in [3.05, 3.63) is 24.0 Å². The van der Waals surface area contributed by atoms with Crippen LogP contribution in [0.1, 0.15) is 32.6 Å². The van der Waals surface area contributed by atoms with Crippen LogP contribution in [0.25, 0.3) is 0 Å². The number of anilines is 1. The summed E-state index contributed by atoms with van der Waals surface area (Å²) in [6.45, 7) is 1.99. The van der Waals surface area contributed by atoms with E-state index in [1.54, 1.807) is 19.1 Å². The van der Waals surface area contributed by atoms with Crippen LogP contribution in [0.4, 0.5) is 10.1 Å². The number of benzene rings is 1. The van der Waals surface area contributed by atoms with Crippen molar-refractivity contribution in [3.8, 4) is 5.75 Å². The number of ether oxygens (including phenoxy) is 1. The number of carbonyl (C=O) groups excluding carboxylic acids is 1. The summed E-state index contributed by atoms with van der Waals surface area (Å²) in [5.41, 5.74) is 5.84. The fourth-order valence-electron chi connectivity index (χ4n) is 2.23. The Morgan fingerprint density at radius 2 is 2.14 bits per heavy atom. The van der Waals surface area contributed by atoms with E-state index in [0.29, 0.717) is 5.69 Å². The lowest BCUT2D eigenvalue weighted by Gasteiger charge is -2.15. The van der Waals surface area contributed by atoms with E-state index in [9.17, 15) is 9.18 Å². The van der Waals surface area contributed by atoms with Gasteiger partial charge in [0.2, 0.25) is 5.91 Å². The van der Waals surface area contributed by atoms with E-state index in [-0.39, 0.29) is 42.6 Å². The van der Waals surface area contributed by atoms with Gasteiger partial charge in [-0.25, -0.2) is 4.39 Å². The Hall–Kier alpha value is -1.33. The summed E-state index contributed by atoms with van der Waals surface area (Å²) in [5, 5.41) is 2.64. The van der Waals surface area contributed by atoms with Gasteiger partial charge in [0.1, 0.15) is 0 Å². The molecule has 1 aliphatic carbocycles. The summed E-state index contributed by atoms with van der Waals surface area (Å²) < 4.78 is 19.6. The third kappa shape index (κ3) is 4.86. The van der Waals surface area contributed by atoms with Crippen LogP contribution in [-0.4, -0.2) is 18.6 Å². The van der Waals surface area contributed by atoms with E-state index in [1.165, 1.54) is 6.07 Å². The molecule has 1 aliphatic rings. The smallest absolute Gasteiger partial charge is 0.228 e. The van der Waals surface area contributed by atoms with Crippen molar-refractivity contribution in [1.82, 2.24) is 0 Å². The van der Waals surface area contributed by atoms with Crippen LogP contribution >= 0.6 is 12.4 Å². The molecular formula is C15H22ClFN2O2. The zero-order valence-electron chi connectivity index (χ0n) is 12.1. The van der Waals surface area contributed by atoms with Gasteiger partial charge in [0.15, 0.2) is 11.6 Å². The number of amides is 1. The van der Waals surface area contributed by atoms with Crippen molar-refractivity contribution >= 4 is 24.0 Å². The number of carbonyl (C=O) groups is 1. The van der Waals surface area contributed by atoms with Crippen molar-refractivity contribution in [2.45, 2.75) is 38.7 Å². The first-order valence-corrected chi connectivity index (χ1v) is 7.07. The maximum atomic E-state index is 13.9. The normalized spacial score (nSPS) is 16.1. The zero-order valence-corrected chi connectivity index (χ0v) is 12.9. The molecule has 0 heterocycles. The Labute approximate surface area is 130 Å². The first kappa shape index (κ1) is 17.7. The van der Waals surface area contributed by atoms with Gasteiger partial charge in [-0.3, -0.25) is 4.79 Å².